The van der Waals surface area contributed by atoms with Crippen LogP contribution < -0.4 is 11.1 Å². The van der Waals surface area contributed by atoms with Gasteiger partial charge < -0.3 is 11.1 Å². The van der Waals surface area contributed by atoms with Crippen LogP contribution in [0, 0.1) is 13.8 Å². The Kier molecular flexibility index (Phi) is 4.74. The zero-order chi connectivity index (χ0) is 14.5. The van der Waals surface area contributed by atoms with Crippen molar-refractivity contribution in [1.82, 2.24) is 4.98 Å². The molecule has 0 atom stereocenters. The minimum Gasteiger partial charge on any atom is -0.370 e. The highest BCUT2D eigenvalue weighted by atomic mass is 32.1. The van der Waals surface area contributed by atoms with Crippen LogP contribution >= 0.6 is 11.3 Å². The molecule has 5 heteroatoms. The fourth-order valence-corrected chi connectivity index (χ4v) is 2.80. The Hall–Kier alpha value is -1.88. The van der Waals surface area contributed by atoms with Gasteiger partial charge in [0.25, 0.3) is 0 Å². The molecular weight excluding hydrogens is 268 g/mol. The monoisotopic (exact) mass is 288 g/mol. The molecule has 4 nitrogen and oxygen atoms in total. The Morgan fingerprint density at radius 3 is 2.85 bits per heavy atom. The molecule has 1 aromatic heterocycles. The summed E-state index contributed by atoms with van der Waals surface area (Å²) in [7, 11) is 0. The minimum absolute atomic E-state index is 0.434. The molecule has 0 aliphatic rings. The quantitative estimate of drug-likeness (QED) is 0.670. The van der Waals surface area contributed by atoms with E-state index in [1.807, 2.05) is 26.0 Å². The van der Waals surface area contributed by atoms with E-state index in [0.29, 0.717) is 12.5 Å². The summed E-state index contributed by atoms with van der Waals surface area (Å²) in [4.78, 5) is 9.92. The molecule has 0 saturated heterocycles. The lowest BCUT2D eigenvalue weighted by atomic mass is 10.1. The van der Waals surface area contributed by atoms with E-state index in [4.69, 9.17) is 5.73 Å². The lowest BCUT2D eigenvalue weighted by molar-refractivity contribution is 1.05. The first kappa shape index (κ1) is 14.5. The Bertz CT molecular complexity index is 616. The summed E-state index contributed by atoms with van der Waals surface area (Å²) in [5.74, 6) is 0.434. The summed E-state index contributed by atoms with van der Waals surface area (Å²) in [5, 5.41) is 4.19. The van der Waals surface area contributed by atoms with E-state index < -0.39 is 0 Å². The SMILES string of the molecule is CCc1cccc(NC(N)=NCc2sc(C)nc2C)c1. The van der Waals surface area contributed by atoms with Gasteiger partial charge >= 0.3 is 0 Å². The van der Waals surface area contributed by atoms with E-state index in [-0.39, 0.29) is 0 Å². The van der Waals surface area contributed by atoms with Gasteiger partial charge in [-0.1, -0.05) is 19.1 Å². The zero-order valence-electron chi connectivity index (χ0n) is 12.1. The molecule has 0 aliphatic heterocycles. The van der Waals surface area contributed by atoms with Gasteiger partial charge in [0.2, 0.25) is 0 Å². The largest absolute Gasteiger partial charge is 0.370 e. The molecule has 0 amide bonds. The van der Waals surface area contributed by atoms with Crippen LogP contribution in [0.25, 0.3) is 0 Å². The van der Waals surface area contributed by atoms with Crippen LogP contribution in [0.15, 0.2) is 29.3 Å². The van der Waals surface area contributed by atoms with Crippen LogP contribution in [-0.2, 0) is 13.0 Å². The Morgan fingerprint density at radius 1 is 1.40 bits per heavy atom. The molecule has 106 valence electrons. The van der Waals surface area contributed by atoms with Gasteiger partial charge in [0.05, 0.1) is 17.2 Å². The number of guanidine groups is 1. The molecule has 1 heterocycles. The summed E-state index contributed by atoms with van der Waals surface area (Å²) in [6, 6.07) is 8.20. The van der Waals surface area contributed by atoms with E-state index in [2.05, 4.69) is 34.3 Å². The topological polar surface area (TPSA) is 63.3 Å². The van der Waals surface area contributed by atoms with Crippen molar-refractivity contribution in [3.8, 4) is 0 Å². The number of nitrogens with zero attached hydrogens (tertiary/aromatic N) is 2. The van der Waals surface area contributed by atoms with Gasteiger partial charge in [-0.15, -0.1) is 11.3 Å². The van der Waals surface area contributed by atoms with Crippen LogP contribution in [-0.4, -0.2) is 10.9 Å². The number of aromatic nitrogens is 1. The molecule has 3 N–H and O–H groups in total. The fourth-order valence-electron chi connectivity index (χ4n) is 1.93. The summed E-state index contributed by atoms with van der Waals surface area (Å²) in [6.45, 7) is 6.71. The molecular formula is C15H20N4S. The van der Waals surface area contributed by atoms with Gasteiger partial charge in [-0.3, -0.25) is 0 Å². The number of rotatable bonds is 4. The van der Waals surface area contributed by atoms with Gasteiger partial charge in [-0.25, -0.2) is 9.98 Å². The Balaban J connectivity index is 2.02. The summed E-state index contributed by atoms with van der Waals surface area (Å²) in [5.41, 5.74) is 9.21. The van der Waals surface area contributed by atoms with Crippen molar-refractivity contribution in [1.29, 1.82) is 0 Å². The average Bonchev–Trinajstić information content (AvgIpc) is 2.75. The van der Waals surface area contributed by atoms with Crippen molar-refractivity contribution in [2.24, 2.45) is 10.7 Å². The van der Waals surface area contributed by atoms with Crippen molar-refractivity contribution in [2.45, 2.75) is 33.7 Å². The molecule has 0 spiro atoms. The van der Waals surface area contributed by atoms with Crippen LogP contribution in [0.3, 0.4) is 0 Å². The number of benzene rings is 1. The smallest absolute Gasteiger partial charge is 0.193 e. The molecule has 0 radical (unpaired) electrons. The summed E-state index contributed by atoms with van der Waals surface area (Å²) in [6.07, 6.45) is 1.01. The summed E-state index contributed by atoms with van der Waals surface area (Å²) >= 11 is 1.67. The Morgan fingerprint density at radius 2 is 2.20 bits per heavy atom. The maximum absolute atomic E-state index is 5.93. The predicted molar refractivity (Wildman–Crippen MR) is 86.4 cm³/mol. The standard InChI is InChI=1S/C15H20N4S/c1-4-12-6-5-7-13(8-12)19-15(16)17-9-14-10(2)18-11(3)20-14/h5-8H,4,9H2,1-3H3,(H3,16,17,19). The highest BCUT2D eigenvalue weighted by molar-refractivity contribution is 7.11. The Labute approximate surface area is 123 Å². The van der Waals surface area contributed by atoms with Crippen LogP contribution in [0.1, 0.15) is 28.1 Å². The number of hydrogen-bond acceptors (Lipinski definition) is 3. The number of nitrogens with two attached hydrogens (primary N) is 1. The van der Waals surface area contributed by atoms with Crippen LogP contribution in [0.2, 0.25) is 0 Å². The molecule has 0 saturated carbocycles. The number of nitrogens with one attached hydrogen (secondary N) is 1. The maximum Gasteiger partial charge on any atom is 0.193 e. The highest BCUT2D eigenvalue weighted by Crippen LogP contribution is 2.18. The third kappa shape index (κ3) is 3.81. The zero-order valence-corrected chi connectivity index (χ0v) is 12.9. The molecule has 0 unspecified atom stereocenters. The lowest BCUT2D eigenvalue weighted by Crippen LogP contribution is -2.22. The average molecular weight is 288 g/mol. The molecule has 2 aromatic rings. The second-order valence-corrected chi connectivity index (χ2v) is 5.91. The first-order chi connectivity index (χ1) is 9.58. The fraction of sp³-hybridized carbons (Fsp3) is 0.333. The third-order valence-corrected chi connectivity index (χ3v) is 4.06. The van der Waals surface area contributed by atoms with Crippen molar-refractivity contribution in [3.05, 3.63) is 45.4 Å². The third-order valence-electron chi connectivity index (χ3n) is 3.00. The van der Waals surface area contributed by atoms with Gasteiger partial charge in [0.15, 0.2) is 5.96 Å². The van der Waals surface area contributed by atoms with Gasteiger partial charge in [-0.05, 0) is 38.0 Å². The molecule has 0 aliphatic carbocycles. The first-order valence-electron chi connectivity index (χ1n) is 6.67. The first-order valence-corrected chi connectivity index (χ1v) is 7.49. The summed E-state index contributed by atoms with van der Waals surface area (Å²) < 4.78 is 0. The number of aryl methyl sites for hydroxylation is 3. The van der Waals surface area contributed by atoms with Crippen molar-refractivity contribution in [2.75, 3.05) is 5.32 Å². The lowest BCUT2D eigenvalue weighted by Gasteiger charge is -2.06. The van der Waals surface area contributed by atoms with Gasteiger partial charge in [-0.2, -0.15) is 0 Å². The van der Waals surface area contributed by atoms with Gasteiger partial charge in [0, 0.05) is 10.6 Å². The second-order valence-electron chi connectivity index (χ2n) is 4.62. The van der Waals surface area contributed by atoms with Crippen LogP contribution in [0.5, 0.6) is 0 Å². The van der Waals surface area contributed by atoms with Crippen molar-refractivity contribution >= 4 is 23.0 Å². The van der Waals surface area contributed by atoms with Gasteiger partial charge in [0.1, 0.15) is 0 Å². The van der Waals surface area contributed by atoms with E-state index in [1.54, 1.807) is 11.3 Å². The predicted octanol–water partition coefficient (Wildman–Crippen LogP) is 3.25. The van der Waals surface area contributed by atoms with Crippen molar-refractivity contribution < 1.29 is 0 Å². The van der Waals surface area contributed by atoms with E-state index >= 15 is 0 Å². The van der Waals surface area contributed by atoms with E-state index in [0.717, 1.165) is 27.7 Å². The maximum atomic E-state index is 5.93. The van der Waals surface area contributed by atoms with Crippen molar-refractivity contribution in [3.63, 3.8) is 0 Å². The number of thiazole rings is 1. The number of aliphatic imine (C=N–C) groups is 1. The van der Waals surface area contributed by atoms with E-state index in [9.17, 15) is 0 Å². The highest BCUT2D eigenvalue weighted by Gasteiger charge is 2.04. The van der Waals surface area contributed by atoms with E-state index in [1.165, 1.54) is 5.56 Å². The molecule has 20 heavy (non-hydrogen) atoms. The van der Waals surface area contributed by atoms with Crippen LogP contribution in [0.4, 0.5) is 5.69 Å². The molecule has 0 fully saturated rings. The number of hydrogen-bond donors (Lipinski definition) is 2. The molecule has 2 rings (SSSR count). The number of anilines is 1. The molecule has 1 aromatic carbocycles. The minimum atomic E-state index is 0.434. The second kappa shape index (κ2) is 6.52. The normalized spacial score (nSPS) is 11.7. The molecule has 0 bridgehead atoms.